The topological polar surface area (TPSA) is 78.1 Å². The highest BCUT2D eigenvalue weighted by molar-refractivity contribution is 7.89. The lowest BCUT2D eigenvalue weighted by Crippen LogP contribution is -2.30. The molecule has 6 nitrogen and oxygen atoms in total. The fourth-order valence-corrected chi connectivity index (χ4v) is 4.36. The first-order valence-electron chi connectivity index (χ1n) is 7.26. The number of aryl methyl sites for hydroxylation is 1. The molecule has 1 aromatic heterocycles. The van der Waals surface area contributed by atoms with E-state index in [1.807, 2.05) is 6.92 Å². The van der Waals surface area contributed by atoms with E-state index in [4.69, 9.17) is 0 Å². The summed E-state index contributed by atoms with van der Waals surface area (Å²) >= 11 is 0. The minimum Gasteiger partial charge on any atom is -0.310 e. The molecule has 0 aromatic carbocycles. The van der Waals surface area contributed by atoms with Crippen LogP contribution in [0, 0.1) is 12.8 Å². The Labute approximate surface area is 120 Å². The Morgan fingerprint density at radius 1 is 1.40 bits per heavy atom. The van der Waals surface area contributed by atoms with Gasteiger partial charge in [-0.2, -0.15) is 9.40 Å². The molecule has 112 valence electrons. The summed E-state index contributed by atoms with van der Waals surface area (Å²) in [4.78, 5) is 0. The third-order valence-electron chi connectivity index (χ3n) is 4.15. The van der Waals surface area contributed by atoms with Crippen molar-refractivity contribution >= 4 is 10.0 Å². The number of H-pyrrole nitrogens is 1. The van der Waals surface area contributed by atoms with E-state index in [2.05, 4.69) is 22.4 Å². The fraction of sp³-hybridized carbons (Fsp3) is 0.769. The van der Waals surface area contributed by atoms with Crippen LogP contribution >= 0.6 is 0 Å². The van der Waals surface area contributed by atoms with Crippen molar-refractivity contribution in [3.63, 3.8) is 0 Å². The molecule has 3 rings (SSSR count). The molecular formula is C13H22N4O2S. The van der Waals surface area contributed by atoms with E-state index in [0.717, 1.165) is 17.7 Å². The third-order valence-corrected chi connectivity index (χ3v) is 5.99. The van der Waals surface area contributed by atoms with Crippen LogP contribution < -0.4 is 5.32 Å². The monoisotopic (exact) mass is 298 g/mol. The number of hydrogen-bond acceptors (Lipinski definition) is 4. The number of rotatable bonds is 5. The second-order valence-electron chi connectivity index (χ2n) is 6.04. The summed E-state index contributed by atoms with van der Waals surface area (Å²) in [7, 11) is -3.46. The fourth-order valence-electron chi connectivity index (χ4n) is 2.62. The lowest BCUT2D eigenvalue weighted by Gasteiger charge is -2.15. The van der Waals surface area contributed by atoms with Gasteiger partial charge in [-0.15, -0.1) is 0 Å². The van der Waals surface area contributed by atoms with Gasteiger partial charge in [0, 0.05) is 36.9 Å². The third kappa shape index (κ3) is 2.62. The average molecular weight is 298 g/mol. The van der Waals surface area contributed by atoms with Crippen LogP contribution in [0.1, 0.15) is 37.4 Å². The van der Waals surface area contributed by atoms with Gasteiger partial charge in [0.1, 0.15) is 0 Å². The Bertz CT molecular complexity index is 592. The van der Waals surface area contributed by atoms with Gasteiger partial charge in [-0.1, -0.05) is 6.92 Å². The van der Waals surface area contributed by atoms with Gasteiger partial charge in [-0.25, -0.2) is 8.42 Å². The highest BCUT2D eigenvalue weighted by Crippen LogP contribution is 2.27. The Hall–Kier alpha value is -0.920. The summed E-state index contributed by atoms with van der Waals surface area (Å²) in [5.74, 6) is 0.429. The minimum absolute atomic E-state index is 0.206. The molecule has 2 N–H and O–H groups in total. The van der Waals surface area contributed by atoms with Gasteiger partial charge in [0.25, 0.3) is 10.0 Å². The van der Waals surface area contributed by atoms with Crippen LogP contribution in [0.5, 0.6) is 0 Å². The van der Waals surface area contributed by atoms with Crippen molar-refractivity contribution in [2.45, 2.75) is 50.7 Å². The predicted octanol–water partition coefficient (Wildman–Crippen LogP) is 1.00. The molecule has 2 aliphatic rings. The van der Waals surface area contributed by atoms with Crippen LogP contribution in [0.25, 0.3) is 0 Å². The molecule has 1 atom stereocenters. The largest absolute Gasteiger partial charge is 0.310 e. The van der Waals surface area contributed by atoms with Gasteiger partial charge >= 0.3 is 0 Å². The Morgan fingerprint density at radius 3 is 2.75 bits per heavy atom. The maximum Gasteiger partial charge on any atom is 0.262 e. The van der Waals surface area contributed by atoms with Crippen molar-refractivity contribution in [1.29, 1.82) is 0 Å². The van der Waals surface area contributed by atoms with Crippen molar-refractivity contribution < 1.29 is 8.42 Å². The predicted molar refractivity (Wildman–Crippen MR) is 75.7 cm³/mol. The van der Waals surface area contributed by atoms with E-state index in [1.54, 1.807) is 4.31 Å². The first-order valence-corrected chi connectivity index (χ1v) is 8.70. The number of sulfonamides is 1. The standard InChI is InChI=1S/C13H22N4O2S/c1-9-5-6-17(8-9)20(18,19)13-12(10(2)15-16-13)7-14-11-3-4-11/h9,11,14H,3-8H2,1-2H3,(H,15,16). The molecule has 0 amide bonds. The van der Waals surface area contributed by atoms with Crippen molar-refractivity contribution in [1.82, 2.24) is 19.8 Å². The maximum atomic E-state index is 12.7. The molecule has 2 fully saturated rings. The van der Waals surface area contributed by atoms with Crippen molar-refractivity contribution in [2.75, 3.05) is 13.1 Å². The second-order valence-corrected chi connectivity index (χ2v) is 7.90. The number of aromatic amines is 1. The van der Waals surface area contributed by atoms with E-state index in [-0.39, 0.29) is 5.03 Å². The highest BCUT2D eigenvalue weighted by atomic mass is 32.2. The smallest absolute Gasteiger partial charge is 0.262 e. The highest BCUT2D eigenvalue weighted by Gasteiger charge is 2.35. The summed E-state index contributed by atoms with van der Waals surface area (Å²) in [5, 5.41) is 10.5. The van der Waals surface area contributed by atoms with E-state index >= 15 is 0 Å². The lowest BCUT2D eigenvalue weighted by atomic mass is 10.2. The molecule has 0 bridgehead atoms. The summed E-state index contributed by atoms with van der Waals surface area (Å²) in [6.07, 6.45) is 3.30. The number of nitrogens with zero attached hydrogens (tertiary/aromatic N) is 2. The normalized spacial score (nSPS) is 24.4. The number of nitrogens with one attached hydrogen (secondary N) is 2. The van der Waals surface area contributed by atoms with Crippen LogP contribution in [0.15, 0.2) is 5.03 Å². The Balaban J connectivity index is 1.84. The molecule has 1 aromatic rings. The van der Waals surface area contributed by atoms with Crippen LogP contribution in [-0.2, 0) is 16.6 Å². The van der Waals surface area contributed by atoms with E-state index < -0.39 is 10.0 Å². The van der Waals surface area contributed by atoms with Crippen molar-refractivity contribution in [3.8, 4) is 0 Å². The Morgan fingerprint density at radius 2 is 2.15 bits per heavy atom. The summed E-state index contributed by atoms with van der Waals surface area (Å²) in [6, 6.07) is 0.548. The number of aromatic nitrogens is 2. The van der Waals surface area contributed by atoms with Crippen LogP contribution in [0.3, 0.4) is 0 Å². The molecule has 2 heterocycles. The number of hydrogen-bond donors (Lipinski definition) is 2. The quantitative estimate of drug-likeness (QED) is 0.850. The summed E-state index contributed by atoms with van der Waals surface area (Å²) in [6.45, 7) is 5.74. The van der Waals surface area contributed by atoms with E-state index in [1.165, 1.54) is 12.8 Å². The van der Waals surface area contributed by atoms with Gasteiger partial charge < -0.3 is 5.32 Å². The van der Waals surface area contributed by atoms with Gasteiger partial charge in [-0.05, 0) is 32.1 Å². The van der Waals surface area contributed by atoms with Gasteiger partial charge in [-0.3, -0.25) is 5.10 Å². The molecule has 1 aliphatic heterocycles. The van der Waals surface area contributed by atoms with Crippen molar-refractivity contribution in [3.05, 3.63) is 11.3 Å². The zero-order valence-electron chi connectivity index (χ0n) is 12.0. The zero-order valence-corrected chi connectivity index (χ0v) is 12.8. The zero-order chi connectivity index (χ0) is 14.3. The summed E-state index contributed by atoms with van der Waals surface area (Å²) < 4.78 is 26.9. The minimum atomic E-state index is -3.46. The van der Waals surface area contributed by atoms with Gasteiger partial charge in [0.2, 0.25) is 0 Å². The van der Waals surface area contributed by atoms with Crippen LogP contribution in [-0.4, -0.2) is 42.1 Å². The molecule has 0 spiro atoms. The van der Waals surface area contributed by atoms with Gasteiger partial charge in [0.05, 0.1) is 0 Å². The molecular weight excluding hydrogens is 276 g/mol. The molecule has 1 aliphatic carbocycles. The second kappa shape index (κ2) is 5.13. The molecule has 1 unspecified atom stereocenters. The van der Waals surface area contributed by atoms with E-state index in [0.29, 0.717) is 31.6 Å². The average Bonchev–Trinajstić information content (AvgIpc) is 2.99. The maximum absolute atomic E-state index is 12.7. The molecule has 20 heavy (non-hydrogen) atoms. The van der Waals surface area contributed by atoms with Gasteiger partial charge in [0.15, 0.2) is 5.03 Å². The first-order chi connectivity index (χ1) is 9.48. The molecule has 7 heteroatoms. The first kappa shape index (κ1) is 14.0. The molecule has 1 saturated heterocycles. The van der Waals surface area contributed by atoms with Crippen molar-refractivity contribution in [2.24, 2.45) is 5.92 Å². The van der Waals surface area contributed by atoms with Crippen LogP contribution in [0.4, 0.5) is 0 Å². The molecule has 0 radical (unpaired) electrons. The molecule has 1 saturated carbocycles. The SMILES string of the molecule is Cc1[nH]nc(S(=O)(=O)N2CCC(C)C2)c1CNC1CC1. The van der Waals surface area contributed by atoms with E-state index in [9.17, 15) is 8.42 Å². The Kier molecular flexibility index (Phi) is 3.60. The lowest BCUT2D eigenvalue weighted by molar-refractivity contribution is 0.460. The summed E-state index contributed by atoms with van der Waals surface area (Å²) in [5.41, 5.74) is 1.63. The van der Waals surface area contributed by atoms with Crippen LogP contribution in [0.2, 0.25) is 0 Å².